The monoisotopic (exact) mass is 388 g/mol. The predicted octanol–water partition coefficient (Wildman–Crippen LogP) is 2.01. The SMILES string of the molecule is NCCCC[C@H](N)C(=O)NC1(CC(=O)NCCc2ccccc2)CCCCC1. The van der Waals surface area contributed by atoms with E-state index in [-0.39, 0.29) is 11.8 Å². The van der Waals surface area contributed by atoms with E-state index in [0.717, 1.165) is 51.4 Å². The molecular weight excluding hydrogens is 352 g/mol. The number of hydrogen-bond acceptors (Lipinski definition) is 4. The highest BCUT2D eigenvalue weighted by Gasteiger charge is 2.36. The Labute approximate surface area is 168 Å². The number of carbonyl (C=O) groups excluding carboxylic acids is 2. The van der Waals surface area contributed by atoms with Crippen LogP contribution in [0.1, 0.15) is 63.4 Å². The van der Waals surface area contributed by atoms with Crippen LogP contribution in [0.25, 0.3) is 0 Å². The third kappa shape index (κ3) is 7.60. The number of nitrogens with two attached hydrogens (primary N) is 2. The lowest BCUT2D eigenvalue weighted by Gasteiger charge is -2.38. The Kier molecular flexibility index (Phi) is 9.44. The molecule has 2 rings (SSSR count). The van der Waals surface area contributed by atoms with E-state index in [1.54, 1.807) is 0 Å². The molecule has 0 aliphatic heterocycles. The summed E-state index contributed by atoms with van der Waals surface area (Å²) >= 11 is 0. The number of unbranched alkanes of at least 4 members (excludes halogenated alkanes) is 1. The highest BCUT2D eigenvalue weighted by atomic mass is 16.2. The molecule has 28 heavy (non-hydrogen) atoms. The Morgan fingerprint density at radius 2 is 1.79 bits per heavy atom. The van der Waals surface area contributed by atoms with Gasteiger partial charge in [0, 0.05) is 18.5 Å². The van der Waals surface area contributed by atoms with Crippen molar-refractivity contribution in [3.63, 3.8) is 0 Å². The minimum atomic E-state index is -0.536. The van der Waals surface area contributed by atoms with Crippen molar-refractivity contribution in [3.8, 4) is 0 Å². The lowest BCUT2D eigenvalue weighted by atomic mass is 9.78. The molecule has 0 bridgehead atoms. The van der Waals surface area contributed by atoms with Crippen LogP contribution in [-0.4, -0.2) is 36.5 Å². The molecule has 0 saturated heterocycles. The Bertz CT molecular complexity index is 600. The minimum Gasteiger partial charge on any atom is -0.356 e. The van der Waals surface area contributed by atoms with Crippen LogP contribution >= 0.6 is 0 Å². The van der Waals surface area contributed by atoms with Crippen LogP contribution in [0.5, 0.6) is 0 Å². The van der Waals surface area contributed by atoms with Gasteiger partial charge in [0.2, 0.25) is 11.8 Å². The maximum Gasteiger partial charge on any atom is 0.237 e. The van der Waals surface area contributed by atoms with E-state index < -0.39 is 11.6 Å². The first kappa shape index (κ1) is 22.4. The highest BCUT2D eigenvalue weighted by molar-refractivity contribution is 5.84. The van der Waals surface area contributed by atoms with Gasteiger partial charge in [-0.3, -0.25) is 9.59 Å². The van der Waals surface area contributed by atoms with E-state index in [1.807, 2.05) is 18.2 Å². The summed E-state index contributed by atoms with van der Waals surface area (Å²) in [4.78, 5) is 25.2. The number of amides is 2. The van der Waals surface area contributed by atoms with Gasteiger partial charge in [-0.1, -0.05) is 56.0 Å². The molecule has 1 fully saturated rings. The molecule has 2 amide bonds. The van der Waals surface area contributed by atoms with E-state index in [1.165, 1.54) is 5.56 Å². The van der Waals surface area contributed by atoms with E-state index in [4.69, 9.17) is 11.5 Å². The topological polar surface area (TPSA) is 110 Å². The average Bonchev–Trinajstić information content (AvgIpc) is 2.69. The largest absolute Gasteiger partial charge is 0.356 e. The standard InChI is InChI=1S/C22H36N4O2/c23-15-8-5-11-19(24)21(28)26-22(13-6-2-7-14-22)17-20(27)25-16-12-18-9-3-1-4-10-18/h1,3-4,9-10,19H,2,5-8,11-17,23-24H2,(H,25,27)(H,26,28)/t19-/m0/s1. The minimum absolute atomic E-state index is 0.00478. The van der Waals surface area contributed by atoms with Gasteiger partial charge in [0.25, 0.3) is 0 Å². The van der Waals surface area contributed by atoms with E-state index >= 15 is 0 Å². The zero-order chi connectivity index (χ0) is 20.2. The Balaban J connectivity index is 1.85. The number of carbonyl (C=O) groups is 2. The molecule has 0 spiro atoms. The maximum atomic E-state index is 12.6. The Hall–Kier alpha value is -1.92. The third-order valence-electron chi connectivity index (χ3n) is 5.58. The van der Waals surface area contributed by atoms with Crippen molar-refractivity contribution in [3.05, 3.63) is 35.9 Å². The van der Waals surface area contributed by atoms with Crippen LogP contribution < -0.4 is 22.1 Å². The normalized spacial score (nSPS) is 16.9. The molecular formula is C22H36N4O2. The van der Waals surface area contributed by atoms with Crippen molar-refractivity contribution in [1.82, 2.24) is 10.6 Å². The number of nitrogens with one attached hydrogen (secondary N) is 2. The second-order valence-corrected chi connectivity index (χ2v) is 7.98. The van der Waals surface area contributed by atoms with Crippen LogP contribution in [0.2, 0.25) is 0 Å². The van der Waals surface area contributed by atoms with Gasteiger partial charge < -0.3 is 22.1 Å². The first-order chi connectivity index (χ1) is 13.5. The van der Waals surface area contributed by atoms with Gasteiger partial charge in [0.15, 0.2) is 0 Å². The van der Waals surface area contributed by atoms with Crippen molar-refractivity contribution in [1.29, 1.82) is 0 Å². The molecule has 1 aliphatic carbocycles. The maximum absolute atomic E-state index is 12.6. The summed E-state index contributed by atoms with van der Waals surface area (Å²) in [5.41, 5.74) is 12.3. The molecule has 0 radical (unpaired) electrons. The number of hydrogen-bond donors (Lipinski definition) is 4. The summed E-state index contributed by atoms with van der Waals surface area (Å²) < 4.78 is 0. The second kappa shape index (κ2) is 11.8. The van der Waals surface area contributed by atoms with Gasteiger partial charge in [-0.25, -0.2) is 0 Å². The van der Waals surface area contributed by atoms with Gasteiger partial charge in [-0.15, -0.1) is 0 Å². The van der Waals surface area contributed by atoms with Crippen molar-refractivity contribution in [2.24, 2.45) is 11.5 Å². The van der Waals surface area contributed by atoms with E-state index in [0.29, 0.717) is 25.9 Å². The Morgan fingerprint density at radius 1 is 1.07 bits per heavy atom. The second-order valence-electron chi connectivity index (χ2n) is 7.98. The van der Waals surface area contributed by atoms with Gasteiger partial charge in [-0.2, -0.15) is 0 Å². The number of rotatable bonds is 11. The summed E-state index contributed by atoms with van der Waals surface area (Å²) in [6.07, 6.45) is 8.34. The van der Waals surface area contributed by atoms with Gasteiger partial charge in [-0.05, 0) is 44.2 Å². The zero-order valence-corrected chi connectivity index (χ0v) is 16.9. The zero-order valence-electron chi connectivity index (χ0n) is 16.9. The van der Waals surface area contributed by atoms with Crippen LogP contribution in [0, 0.1) is 0 Å². The van der Waals surface area contributed by atoms with Crippen LogP contribution in [0.4, 0.5) is 0 Å². The fourth-order valence-corrected chi connectivity index (χ4v) is 3.93. The summed E-state index contributed by atoms with van der Waals surface area (Å²) in [6, 6.07) is 9.56. The van der Waals surface area contributed by atoms with E-state index in [2.05, 4.69) is 22.8 Å². The summed E-state index contributed by atoms with van der Waals surface area (Å²) in [5, 5.41) is 6.15. The lowest BCUT2D eigenvalue weighted by Crippen LogP contribution is -2.56. The summed E-state index contributed by atoms with van der Waals surface area (Å²) in [6.45, 7) is 1.22. The molecule has 6 N–H and O–H groups in total. The first-order valence-corrected chi connectivity index (χ1v) is 10.6. The number of benzene rings is 1. The molecule has 156 valence electrons. The molecule has 6 nitrogen and oxygen atoms in total. The molecule has 0 unspecified atom stereocenters. The van der Waals surface area contributed by atoms with Crippen molar-refractivity contribution in [2.75, 3.05) is 13.1 Å². The predicted molar refractivity (Wildman–Crippen MR) is 113 cm³/mol. The molecule has 0 aromatic heterocycles. The van der Waals surface area contributed by atoms with E-state index in [9.17, 15) is 9.59 Å². The molecule has 0 heterocycles. The fourth-order valence-electron chi connectivity index (χ4n) is 3.93. The molecule has 1 saturated carbocycles. The van der Waals surface area contributed by atoms with Gasteiger partial charge in [0.05, 0.1) is 6.04 Å². The quantitative estimate of drug-likeness (QED) is 0.435. The van der Waals surface area contributed by atoms with Crippen molar-refractivity contribution < 1.29 is 9.59 Å². The average molecular weight is 389 g/mol. The molecule has 1 aromatic carbocycles. The smallest absolute Gasteiger partial charge is 0.237 e. The van der Waals surface area contributed by atoms with Gasteiger partial charge in [0.1, 0.15) is 0 Å². The van der Waals surface area contributed by atoms with Crippen LogP contribution in [-0.2, 0) is 16.0 Å². The van der Waals surface area contributed by atoms with Crippen molar-refractivity contribution in [2.45, 2.75) is 75.8 Å². The van der Waals surface area contributed by atoms with Crippen LogP contribution in [0.3, 0.4) is 0 Å². The molecule has 1 aliphatic rings. The van der Waals surface area contributed by atoms with Crippen molar-refractivity contribution >= 4 is 11.8 Å². The Morgan fingerprint density at radius 3 is 2.46 bits per heavy atom. The molecule has 1 atom stereocenters. The highest BCUT2D eigenvalue weighted by Crippen LogP contribution is 2.31. The molecule has 1 aromatic rings. The summed E-state index contributed by atoms with van der Waals surface area (Å²) in [7, 11) is 0. The molecule has 6 heteroatoms. The summed E-state index contributed by atoms with van der Waals surface area (Å²) in [5.74, 6) is -0.147. The van der Waals surface area contributed by atoms with Crippen LogP contribution in [0.15, 0.2) is 30.3 Å². The fraction of sp³-hybridized carbons (Fsp3) is 0.636. The first-order valence-electron chi connectivity index (χ1n) is 10.6. The third-order valence-corrected chi connectivity index (χ3v) is 5.58. The lowest BCUT2D eigenvalue weighted by molar-refractivity contribution is -0.127. The van der Waals surface area contributed by atoms with Gasteiger partial charge >= 0.3 is 0 Å².